The average molecular weight is 256 g/mol. The normalized spacial score (nSPS) is 16.5. The van der Waals surface area contributed by atoms with Gasteiger partial charge >= 0.3 is 0 Å². The zero-order valence-electron chi connectivity index (χ0n) is 9.94. The van der Waals surface area contributed by atoms with Gasteiger partial charge in [0.1, 0.15) is 5.03 Å². The van der Waals surface area contributed by atoms with Gasteiger partial charge in [0.05, 0.1) is 17.1 Å². The lowest BCUT2D eigenvalue weighted by molar-refractivity contribution is 0.272. The van der Waals surface area contributed by atoms with Gasteiger partial charge in [-0.15, -0.1) is 11.8 Å². The molecule has 0 atom stereocenters. The molecule has 0 fully saturated rings. The molecule has 0 aliphatic carbocycles. The fourth-order valence-corrected chi connectivity index (χ4v) is 3.35. The third kappa shape index (κ3) is 2.14. The first kappa shape index (κ1) is 12.0. The maximum Gasteiger partial charge on any atom is 0.221 e. The standard InChI is InChI=1S/C10H16N4S2/c1-10(2,3)14-5-6-7(16-14)8(15-4)13-9(11)12-6/h5H2,1-4H3,(H2,11,12,13). The molecule has 2 heterocycles. The predicted octanol–water partition coefficient (Wildman–Crippen LogP) is 2.40. The van der Waals surface area contributed by atoms with Gasteiger partial charge in [-0.1, -0.05) is 0 Å². The van der Waals surface area contributed by atoms with Gasteiger partial charge in [0.2, 0.25) is 5.95 Å². The van der Waals surface area contributed by atoms with Crippen molar-refractivity contribution in [3.8, 4) is 0 Å². The molecule has 1 aromatic heterocycles. The third-order valence-corrected chi connectivity index (χ3v) is 4.68. The minimum atomic E-state index is 0.121. The van der Waals surface area contributed by atoms with E-state index in [2.05, 4.69) is 35.0 Å². The summed E-state index contributed by atoms with van der Waals surface area (Å²) in [4.78, 5) is 9.74. The number of fused-ring (bicyclic) bond motifs is 1. The molecule has 0 aromatic carbocycles. The summed E-state index contributed by atoms with van der Waals surface area (Å²) >= 11 is 3.36. The predicted molar refractivity (Wildman–Crippen MR) is 69.4 cm³/mol. The lowest BCUT2D eigenvalue weighted by atomic mass is 10.1. The number of hydrogen-bond acceptors (Lipinski definition) is 6. The number of nitrogens with two attached hydrogens (primary N) is 1. The van der Waals surface area contributed by atoms with Crippen LogP contribution in [0, 0.1) is 0 Å². The van der Waals surface area contributed by atoms with E-state index in [-0.39, 0.29) is 5.54 Å². The fraction of sp³-hybridized carbons (Fsp3) is 0.600. The summed E-state index contributed by atoms with van der Waals surface area (Å²) in [6.07, 6.45) is 2.02. The van der Waals surface area contributed by atoms with Crippen LogP contribution in [-0.4, -0.2) is 26.1 Å². The Morgan fingerprint density at radius 2 is 2.06 bits per heavy atom. The first-order chi connectivity index (χ1) is 7.41. The topological polar surface area (TPSA) is 55.0 Å². The molecule has 2 rings (SSSR count). The zero-order chi connectivity index (χ0) is 11.9. The molecule has 1 aliphatic rings. The van der Waals surface area contributed by atoms with E-state index in [0.29, 0.717) is 5.95 Å². The minimum absolute atomic E-state index is 0.121. The van der Waals surface area contributed by atoms with Crippen molar-refractivity contribution in [2.45, 2.75) is 42.8 Å². The van der Waals surface area contributed by atoms with Crippen LogP contribution in [0.4, 0.5) is 5.95 Å². The van der Waals surface area contributed by atoms with Crippen LogP contribution < -0.4 is 5.73 Å². The van der Waals surface area contributed by atoms with Crippen LogP contribution in [0.25, 0.3) is 0 Å². The van der Waals surface area contributed by atoms with Crippen molar-refractivity contribution in [2.75, 3.05) is 12.0 Å². The second-order valence-electron chi connectivity index (χ2n) is 4.67. The molecule has 88 valence electrons. The molecule has 0 radical (unpaired) electrons. The number of aromatic nitrogens is 2. The third-order valence-electron chi connectivity index (χ3n) is 2.36. The molecule has 0 spiro atoms. The van der Waals surface area contributed by atoms with Gasteiger partial charge in [-0.3, -0.25) is 0 Å². The zero-order valence-corrected chi connectivity index (χ0v) is 11.6. The van der Waals surface area contributed by atoms with Crippen LogP contribution in [0.3, 0.4) is 0 Å². The molecule has 16 heavy (non-hydrogen) atoms. The quantitative estimate of drug-likeness (QED) is 0.473. The molecule has 0 unspecified atom stereocenters. The lowest BCUT2D eigenvalue weighted by Gasteiger charge is -2.29. The Morgan fingerprint density at radius 1 is 1.38 bits per heavy atom. The summed E-state index contributed by atoms with van der Waals surface area (Å²) in [5, 5.41) is 0.985. The molecule has 2 N–H and O–H groups in total. The summed E-state index contributed by atoms with van der Waals surface area (Å²) in [6.45, 7) is 7.42. The van der Waals surface area contributed by atoms with Crippen molar-refractivity contribution in [2.24, 2.45) is 0 Å². The lowest BCUT2D eigenvalue weighted by Crippen LogP contribution is -2.32. The van der Waals surface area contributed by atoms with Crippen molar-refractivity contribution in [1.29, 1.82) is 0 Å². The van der Waals surface area contributed by atoms with E-state index in [9.17, 15) is 0 Å². The Morgan fingerprint density at radius 3 is 2.62 bits per heavy atom. The maximum absolute atomic E-state index is 5.70. The largest absolute Gasteiger partial charge is 0.368 e. The van der Waals surface area contributed by atoms with Crippen LogP contribution >= 0.6 is 23.7 Å². The van der Waals surface area contributed by atoms with Crippen molar-refractivity contribution >= 4 is 29.7 Å². The Hall–Kier alpha value is -0.460. The second kappa shape index (κ2) is 4.09. The molecule has 0 saturated heterocycles. The molecule has 4 nitrogen and oxygen atoms in total. The highest BCUT2D eigenvalue weighted by Crippen LogP contribution is 2.43. The van der Waals surface area contributed by atoms with Gasteiger partial charge in [-0.25, -0.2) is 14.3 Å². The number of nitrogen functional groups attached to an aromatic ring is 1. The van der Waals surface area contributed by atoms with Crippen LogP contribution in [-0.2, 0) is 6.54 Å². The molecular weight excluding hydrogens is 240 g/mol. The van der Waals surface area contributed by atoms with Crippen LogP contribution in [0.15, 0.2) is 9.92 Å². The molecular formula is C10H16N4S2. The average Bonchev–Trinajstić information content (AvgIpc) is 2.59. The SMILES string of the molecule is CSc1nc(N)nc2c1SN(C(C)(C)C)C2. The fourth-order valence-electron chi connectivity index (χ4n) is 1.48. The number of thioether (sulfide) groups is 1. The van der Waals surface area contributed by atoms with E-state index in [4.69, 9.17) is 5.73 Å². The van der Waals surface area contributed by atoms with Gasteiger partial charge in [-0.2, -0.15) is 0 Å². The summed E-state index contributed by atoms with van der Waals surface area (Å²) in [5.74, 6) is 0.374. The summed E-state index contributed by atoms with van der Waals surface area (Å²) in [7, 11) is 0. The van der Waals surface area contributed by atoms with Crippen LogP contribution in [0.1, 0.15) is 26.5 Å². The number of anilines is 1. The second-order valence-corrected chi connectivity index (χ2v) is 6.49. The smallest absolute Gasteiger partial charge is 0.221 e. The van der Waals surface area contributed by atoms with E-state index < -0.39 is 0 Å². The van der Waals surface area contributed by atoms with E-state index in [1.165, 1.54) is 0 Å². The van der Waals surface area contributed by atoms with E-state index in [1.54, 1.807) is 23.7 Å². The first-order valence-corrected chi connectivity index (χ1v) is 7.07. The van der Waals surface area contributed by atoms with Crippen LogP contribution in [0.5, 0.6) is 0 Å². The van der Waals surface area contributed by atoms with Crippen molar-refractivity contribution in [1.82, 2.24) is 14.3 Å². The van der Waals surface area contributed by atoms with Crippen molar-refractivity contribution < 1.29 is 0 Å². The summed E-state index contributed by atoms with van der Waals surface area (Å²) in [5.41, 5.74) is 6.87. The van der Waals surface area contributed by atoms with Gasteiger partial charge in [0.15, 0.2) is 0 Å². The maximum atomic E-state index is 5.70. The highest BCUT2D eigenvalue weighted by atomic mass is 32.2. The molecule has 1 aromatic rings. The molecule has 1 aliphatic heterocycles. The highest BCUT2D eigenvalue weighted by Gasteiger charge is 2.32. The van der Waals surface area contributed by atoms with E-state index in [0.717, 1.165) is 22.2 Å². The minimum Gasteiger partial charge on any atom is -0.368 e. The number of rotatable bonds is 1. The van der Waals surface area contributed by atoms with E-state index >= 15 is 0 Å². The summed E-state index contributed by atoms with van der Waals surface area (Å²) < 4.78 is 2.31. The van der Waals surface area contributed by atoms with Crippen LogP contribution in [0.2, 0.25) is 0 Å². The van der Waals surface area contributed by atoms with Gasteiger partial charge < -0.3 is 5.73 Å². The van der Waals surface area contributed by atoms with Crippen molar-refractivity contribution in [3.05, 3.63) is 5.69 Å². The Balaban J connectivity index is 2.37. The Labute approximate surface area is 105 Å². The van der Waals surface area contributed by atoms with E-state index in [1.807, 2.05) is 6.26 Å². The Kier molecular flexibility index (Phi) is 3.07. The highest BCUT2D eigenvalue weighted by molar-refractivity contribution is 8.01. The first-order valence-electron chi connectivity index (χ1n) is 5.08. The number of hydrogen-bond donors (Lipinski definition) is 1. The Bertz CT molecular complexity index is 414. The number of nitrogens with zero attached hydrogens (tertiary/aromatic N) is 3. The van der Waals surface area contributed by atoms with Crippen molar-refractivity contribution in [3.63, 3.8) is 0 Å². The van der Waals surface area contributed by atoms with Gasteiger partial charge in [-0.05, 0) is 39.0 Å². The van der Waals surface area contributed by atoms with Gasteiger partial charge in [0, 0.05) is 5.54 Å². The molecule has 0 bridgehead atoms. The molecule has 0 amide bonds. The summed E-state index contributed by atoms with van der Waals surface area (Å²) in [6, 6.07) is 0. The monoisotopic (exact) mass is 256 g/mol. The van der Waals surface area contributed by atoms with Gasteiger partial charge in [0.25, 0.3) is 0 Å². The molecule has 0 saturated carbocycles. The molecule has 6 heteroatoms.